The van der Waals surface area contributed by atoms with E-state index in [2.05, 4.69) is 204 Å². The van der Waals surface area contributed by atoms with E-state index >= 15 is 0 Å². The highest BCUT2D eigenvalue weighted by Gasteiger charge is 2.41. The maximum Gasteiger partial charge on any atom is 0.179 e. The summed E-state index contributed by atoms with van der Waals surface area (Å²) in [5.74, 6) is 1.71. The first-order valence-corrected chi connectivity index (χ1v) is 23.1. The molecule has 0 aliphatic heterocycles. The van der Waals surface area contributed by atoms with E-state index < -0.39 is 8.07 Å². The molecule has 8 aromatic carbocycles. The van der Waals surface area contributed by atoms with Crippen LogP contribution in [-0.4, -0.2) is 32.6 Å². The zero-order chi connectivity index (χ0) is 41.7. The summed E-state index contributed by atoms with van der Waals surface area (Å²) in [5.41, 5.74) is 7.44. The standard InChI is InChI=1S/C56H37N5OSi/c1-4-18-41(19-5-1)63(42-20-6-2-7-21-42,43-22-8-3-9-23-43)44-32-30-38(31-33-44)54-58-55(60-56(59-54)47-26-15-29-52-53(47)48-37-57-35-34-51(48)62-52)39-16-14-17-40(36-39)61-49-27-12-10-24-45(49)46-25-11-13-28-50(46)61/h1-37H. The Morgan fingerprint density at radius 1 is 0.397 bits per heavy atom. The highest BCUT2D eigenvalue weighted by Crippen LogP contribution is 2.37. The van der Waals surface area contributed by atoms with Gasteiger partial charge < -0.3 is 8.98 Å². The minimum absolute atomic E-state index is 0.556. The minimum Gasteiger partial charge on any atom is -0.456 e. The van der Waals surface area contributed by atoms with Gasteiger partial charge in [-0.3, -0.25) is 4.98 Å². The van der Waals surface area contributed by atoms with Crippen molar-refractivity contribution >= 4 is 72.6 Å². The number of para-hydroxylation sites is 2. The number of benzene rings is 8. The molecule has 0 fully saturated rings. The fourth-order valence-electron chi connectivity index (χ4n) is 9.53. The molecule has 4 aromatic heterocycles. The number of fused-ring (bicyclic) bond motifs is 6. The summed E-state index contributed by atoms with van der Waals surface area (Å²) in [6.07, 6.45) is 3.60. The quantitative estimate of drug-likeness (QED) is 0.113. The van der Waals surface area contributed by atoms with Crippen LogP contribution in [0.4, 0.5) is 0 Å². The second-order valence-electron chi connectivity index (χ2n) is 15.8. The van der Waals surface area contributed by atoms with Gasteiger partial charge in [0, 0.05) is 56.3 Å². The Kier molecular flexibility index (Phi) is 8.72. The highest BCUT2D eigenvalue weighted by molar-refractivity contribution is 7.19. The van der Waals surface area contributed by atoms with E-state index in [1.54, 1.807) is 6.20 Å². The van der Waals surface area contributed by atoms with Crippen molar-refractivity contribution in [1.82, 2.24) is 24.5 Å². The first-order chi connectivity index (χ1) is 31.2. The van der Waals surface area contributed by atoms with Gasteiger partial charge in [-0.15, -0.1) is 0 Å². The average Bonchev–Trinajstić information content (AvgIpc) is 3.92. The Morgan fingerprint density at radius 3 is 1.57 bits per heavy atom. The number of rotatable bonds is 8. The van der Waals surface area contributed by atoms with Crippen LogP contribution in [0.5, 0.6) is 0 Å². The van der Waals surface area contributed by atoms with Crippen molar-refractivity contribution in [3.8, 4) is 39.9 Å². The third-order valence-corrected chi connectivity index (χ3v) is 17.1. The van der Waals surface area contributed by atoms with Crippen LogP contribution in [-0.2, 0) is 0 Å². The topological polar surface area (TPSA) is 69.6 Å². The van der Waals surface area contributed by atoms with Crippen LogP contribution in [0.2, 0.25) is 0 Å². The Morgan fingerprint density at radius 2 is 0.937 bits per heavy atom. The summed E-state index contributed by atoms with van der Waals surface area (Å²) < 4.78 is 8.64. The van der Waals surface area contributed by atoms with Gasteiger partial charge in [0.05, 0.1) is 11.0 Å². The third kappa shape index (κ3) is 6.01. The molecule has 7 heteroatoms. The average molecular weight is 824 g/mol. The van der Waals surface area contributed by atoms with Gasteiger partial charge in [0.1, 0.15) is 11.2 Å². The molecule has 12 rings (SSSR count). The van der Waals surface area contributed by atoms with E-state index in [0.717, 1.165) is 55.3 Å². The monoisotopic (exact) mass is 823 g/mol. The predicted molar refractivity (Wildman–Crippen MR) is 259 cm³/mol. The van der Waals surface area contributed by atoms with Crippen LogP contribution in [0.3, 0.4) is 0 Å². The molecule has 0 N–H and O–H groups in total. The zero-order valence-corrected chi connectivity index (χ0v) is 35.0. The fraction of sp³-hybridized carbons (Fsp3) is 0. The zero-order valence-electron chi connectivity index (χ0n) is 34.0. The van der Waals surface area contributed by atoms with Crippen LogP contribution in [0.15, 0.2) is 229 Å². The van der Waals surface area contributed by atoms with Crippen molar-refractivity contribution < 1.29 is 4.42 Å². The van der Waals surface area contributed by atoms with Crippen molar-refractivity contribution in [3.05, 3.63) is 225 Å². The van der Waals surface area contributed by atoms with Crippen LogP contribution < -0.4 is 20.7 Å². The molecular weight excluding hydrogens is 787 g/mol. The fourth-order valence-corrected chi connectivity index (χ4v) is 14.3. The van der Waals surface area contributed by atoms with E-state index in [1.165, 1.54) is 31.5 Å². The molecule has 0 spiro atoms. The molecule has 0 saturated carbocycles. The number of hydrogen-bond acceptors (Lipinski definition) is 5. The van der Waals surface area contributed by atoms with Gasteiger partial charge in [-0.2, -0.15) is 0 Å². The molecule has 296 valence electrons. The Bertz CT molecular complexity index is 3470. The molecule has 4 heterocycles. The number of nitrogens with zero attached hydrogens (tertiary/aromatic N) is 5. The predicted octanol–water partition coefficient (Wildman–Crippen LogP) is 10.6. The molecule has 0 saturated heterocycles. The summed E-state index contributed by atoms with van der Waals surface area (Å²) >= 11 is 0. The lowest BCUT2D eigenvalue weighted by molar-refractivity contribution is 0.668. The molecule has 0 aliphatic rings. The Balaban J connectivity index is 1.06. The normalized spacial score (nSPS) is 11.8. The van der Waals surface area contributed by atoms with Crippen LogP contribution in [0.25, 0.3) is 83.6 Å². The maximum absolute atomic E-state index is 6.32. The molecule has 0 aliphatic carbocycles. The molecule has 6 nitrogen and oxygen atoms in total. The Hall–Kier alpha value is -8.26. The summed E-state index contributed by atoms with van der Waals surface area (Å²) in [7, 11) is -2.74. The second kappa shape index (κ2) is 15.0. The van der Waals surface area contributed by atoms with E-state index in [1.807, 2.05) is 24.4 Å². The molecule has 63 heavy (non-hydrogen) atoms. The summed E-state index contributed by atoms with van der Waals surface area (Å²) in [6.45, 7) is 0. The van der Waals surface area contributed by atoms with E-state index in [4.69, 9.17) is 19.4 Å². The van der Waals surface area contributed by atoms with Gasteiger partial charge in [0.15, 0.2) is 25.5 Å². The summed E-state index contributed by atoms with van der Waals surface area (Å²) in [4.78, 5) is 20.3. The number of aromatic nitrogens is 5. The summed E-state index contributed by atoms with van der Waals surface area (Å²) in [5, 5.41) is 9.47. The van der Waals surface area contributed by atoms with Crippen LogP contribution in [0.1, 0.15) is 0 Å². The lowest BCUT2D eigenvalue weighted by Crippen LogP contribution is -2.74. The smallest absolute Gasteiger partial charge is 0.179 e. The minimum atomic E-state index is -2.74. The van der Waals surface area contributed by atoms with Crippen molar-refractivity contribution in [2.75, 3.05) is 0 Å². The second-order valence-corrected chi connectivity index (χ2v) is 19.6. The highest BCUT2D eigenvalue weighted by atomic mass is 28.3. The van der Waals surface area contributed by atoms with E-state index in [0.29, 0.717) is 17.5 Å². The van der Waals surface area contributed by atoms with Crippen molar-refractivity contribution in [3.63, 3.8) is 0 Å². The molecule has 12 aromatic rings. The number of pyridine rings is 1. The third-order valence-electron chi connectivity index (χ3n) is 12.3. The SMILES string of the molecule is c1ccc([Si](c2ccccc2)(c2ccccc2)c2ccc(-c3nc(-c4cccc(-n5c6ccccc6c6ccccc65)c4)nc(-c4cccc5oc6ccncc6c45)n3)cc2)cc1. The molecule has 0 amide bonds. The largest absolute Gasteiger partial charge is 0.456 e. The van der Waals surface area contributed by atoms with Gasteiger partial charge in [-0.25, -0.2) is 15.0 Å². The van der Waals surface area contributed by atoms with Crippen molar-refractivity contribution in [2.24, 2.45) is 0 Å². The van der Waals surface area contributed by atoms with Gasteiger partial charge in [0.2, 0.25) is 0 Å². The van der Waals surface area contributed by atoms with Gasteiger partial charge in [-0.05, 0) is 57.1 Å². The lowest BCUT2D eigenvalue weighted by atomic mass is 10.1. The maximum atomic E-state index is 6.32. The lowest BCUT2D eigenvalue weighted by Gasteiger charge is -2.34. The first kappa shape index (κ1) is 36.6. The number of furan rings is 1. The van der Waals surface area contributed by atoms with Crippen molar-refractivity contribution in [2.45, 2.75) is 0 Å². The number of hydrogen-bond donors (Lipinski definition) is 0. The summed E-state index contributed by atoms with van der Waals surface area (Å²) in [6, 6.07) is 75.4. The molecule has 0 radical (unpaired) electrons. The van der Waals surface area contributed by atoms with Crippen molar-refractivity contribution in [1.29, 1.82) is 0 Å². The van der Waals surface area contributed by atoms with Crippen LogP contribution >= 0.6 is 0 Å². The van der Waals surface area contributed by atoms with Gasteiger partial charge in [0.25, 0.3) is 0 Å². The van der Waals surface area contributed by atoms with Gasteiger partial charge >= 0.3 is 0 Å². The Labute approximate surface area is 364 Å². The van der Waals surface area contributed by atoms with Gasteiger partial charge in [-0.1, -0.05) is 176 Å². The van der Waals surface area contributed by atoms with E-state index in [-0.39, 0.29) is 0 Å². The molecule has 0 atom stereocenters. The van der Waals surface area contributed by atoms with E-state index in [9.17, 15) is 0 Å². The molecular formula is C56H37N5OSi. The molecule has 0 unspecified atom stereocenters. The first-order valence-electron chi connectivity index (χ1n) is 21.1. The molecule has 0 bridgehead atoms. The van der Waals surface area contributed by atoms with Crippen LogP contribution in [0, 0.1) is 0 Å².